The molecule has 0 unspecified atom stereocenters. The predicted octanol–water partition coefficient (Wildman–Crippen LogP) is 1.18. The molecular formula is C8H12ClNO2. The summed E-state index contributed by atoms with van der Waals surface area (Å²) >= 11 is 5.02. The molecule has 0 bridgehead atoms. The van der Waals surface area contributed by atoms with Crippen LogP contribution in [0.3, 0.4) is 0 Å². The molecule has 0 saturated heterocycles. The monoisotopic (exact) mass is 189 g/mol. The maximum atomic E-state index is 11.1. The molecule has 0 aliphatic heterocycles. The number of rotatable bonds is 4. The van der Waals surface area contributed by atoms with E-state index in [0.29, 0.717) is 13.1 Å². The van der Waals surface area contributed by atoms with E-state index in [2.05, 4.69) is 0 Å². The van der Waals surface area contributed by atoms with Crippen LogP contribution in [-0.4, -0.2) is 29.1 Å². The molecule has 68 valence electrons. The topological polar surface area (TPSA) is 37.4 Å². The highest BCUT2D eigenvalue weighted by Gasteiger charge is 2.04. The lowest BCUT2D eigenvalue weighted by molar-refractivity contribution is -0.125. The van der Waals surface area contributed by atoms with Crippen LogP contribution in [0.25, 0.3) is 0 Å². The summed E-state index contributed by atoms with van der Waals surface area (Å²) in [5.74, 6) is -0.186. The summed E-state index contributed by atoms with van der Waals surface area (Å²) in [5.41, 5.74) is 0. The molecule has 1 amide bonds. The van der Waals surface area contributed by atoms with Crippen LogP contribution < -0.4 is 0 Å². The summed E-state index contributed by atoms with van der Waals surface area (Å²) in [6, 6.07) is 0. The van der Waals surface area contributed by atoms with E-state index in [1.807, 2.05) is 13.8 Å². The molecule has 0 N–H and O–H groups in total. The summed E-state index contributed by atoms with van der Waals surface area (Å²) in [4.78, 5) is 23.0. The van der Waals surface area contributed by atoms with Crippen molar-refractivity contribution in [3.63, 3.8) is 0 Å². The second-order valence-corrected chi connectivity index (χ2v) is 2.52. The van der Waals surface area contributed by atoms with Gasteiger partial charge in [0.1, 0.15) is 0 Å². The van der Waals surface area contributed by atoms with Gasteiger partial charge in [0.15, 0.2) is 0 Å². The third-order valence-corrected chi connectivity index (χ3v) is 1.56. The maximum Gasteiger partial charge on any atom is 0.246 e. The normalized spacial score (nSPS) is 10.2. The number of carbonyl (C=O) groups excluding carboxylic acids is 2. The molecule has 0 aromatic rings. The number of allylic oxidation sites excluding steroid dienone is 1. The maximum absolute atomic E-state index is 11.1. The molecular weight excluding hydrogens is 178 g/mol. The Morgan fingerprint density at radius 3 is 2.08 bits per heavy atom. The summed E-state index contributed by atoms with van der Waals surface area (Å²) < 4.78 is 0. The molecule has 0 saturated carbocycles. The van der Waals surface area contributed by atoms with E-state index in [1.54, 1.807) is 4.90 Å². The fourth-order valence-electron chi connectivity index (χ4n) is 0.777. The molecule has 0 radical (unpaired) electrons. The van der Waals surface area contributed by atoms with Gasteiger partial charge in [-0.05, 0) is 25.4 Å². The van der Waals surface area contributed by atoms with Crippen LogP contribution in [0.5, 0.6) is 0 Å². The third-order valence-electron chi connectivity index (χ3n) is 1.43. The molecule has 0 aromatic carbocycles. The Hall–Kier alpha value is -0.830. The van der Waals surface area contributed by atoms with E-state index >= 15 is 0 Å². The minimum Gasteiger partial charge on any atom is -0.340 e. The summed E-state index contributed by atoms with van der Waals surface area (Å²) in [5, 5.41) is -0.629. The van der Waals surface area contributed by atoms with E-state index in [-0.39, 0.29) is 5.91 Å². The van der Waals surface area contributed by atoms with Gasteiger partial charge < -0.3 is 4.90 Å². The number of likely N-dealkylation sites (N-methyl/N-ethyl adjacent to an activating group) is 1. The summed E-state index contributed by atoms with van der Waals surface area (Å²) in [6.45, 7) is 5.02. The zero-order valence-corrected chi connectivity index (χ0v) is 7.97. The molecule has 0 heterocycles. The van der Waals surface area contributed by atoms with Gasteiger partial charge in [-0.25, -0.2) is 0 Å². The first-order valence-corrected chi connectivity index (χ1v) is 4.16. The van der Waals surface area contributed by atoms with E-state index in [9.17, 15) is 9.59 Å². The van der Waals surface area contributed by atoms with Crippen molar-refractivity contribution < 1.29 is 9.59 Å². The Labute approximate surface area is 77.0 Å². The molecule has 0 aromatic heterocycles. The lowest BCUT2D eigenvalue weighted by atomic mass is 10.4. The van der Waals surface area contributed by atoms with Gasteiger partial charge in [-0.3, -0.25) is 9.59 Å². The molecule has 12 heavy (non-hydrogen) atoms. The molecule has 4 heteroatoms. The second kappa shape index (κ2) is 5.77. The quantitative estimate of drug-likeness (QED) is 0.492. The minimum atomic E-state index is -0.629. The van der Waals surface area contributed by atoms with Gasteiger partial charge in [0.05, 0.1) is 0 Å². The highest BCUT2D eigenvalue weighted by Crippen LogP contribution is 1.91. The average molecular weight is 190 g/mol. The molecule has 0 aliphatic carbocycles. The average Bonchev–Trinajstić information content (AvgIpc) is 2.03. The van der Waals surface area contributed by atoms with E-state index < -0.39 is 5.24 Å². The minimum absolute atomic E-state index is 0.186. The lowest BCUT2D eigenvalue weighted by Crippen LogP contribution is -2.28. The van der Waals surface area contributed by atoms with Crippen molar-refractivity contribution in [3.8, 4) is 0 Å². The SMILES string of the molecule is CCN(CC)C(=O)C=CC(=O)Cl. The Bertz CT molecular complexity index is 197. The first kappa shape index (κ1) is 11.2. The predicted molar refractivity (Wildman–Crippen MR) is 47.9 cm³/mol. The molecule has 0 fully saturated rings. The zero-order valence-electron chi connectivity index (χ0n) is 7.21. The highest BCUT2D eigenvalue weighted by atomic mass is 35.5. The van der Waals surface area contributed by atoms with Gasteiger partial charge in [-0.2, -0.15) is 0 Å². The fourth-order valence-corrected chi connectivity index (χ4v) is 0.840. The third kappa shape index (κ3) is 4.13. The second-order valence-electron chi connectivity index (χ2n) is 2.15. The van der Waals surface area contributed by atoms with Crippen LogP contribution in [0.15, 0.2) is 12.2 Å². The van der Waals surface area contributed by atoms with Crippen LogP contribution in [0.1, 0.15) is 13.8 Å². The van der Waals surface area contributed by atoms with Gasteiger partial charge >= 0.3 is 0 Å². The van der Waals surface area contributed by atoms with Gasteiger partial charge in [0.25, 0.3) is 0 Å². The lowest BCUT2D eigenvalue weighted by Gasteiger charge is -2.15. The van der Waals surface area contributed by atoms with Crippen LogP contribution >= 0.6 is 11.6 Å². The highest BCUT2D eigenvalue weighted by molar-refractivity contribution is 6.66. The molecule has 0 rings (SSSR count). The van der Waals surface area contributed by atoms with Crippen molar-refractivity contribution in [2.24, 2.45) is 0 Å². The molecule has 0 spiro atoms. The summed E-state index contributed by atoms with van der Waals surface area (Å²) in [6.07, 6.45) is 2.24. The number of amides is 1. The largest absolute Gasteiger partial charge is 0.340 e. The van der Waals surface area contributed by atoms with Gasteiger partial charge in [0.2, 0.25) is 11.1 Å². The van der Waals surface area contributed by atoms with Crippen molar-refractivity contribution in [3.05, 3.63) is 12.2 Å². The number of halogens is 1. The number of carbonyl (C=O) groups is 2. The first-order chi connectivity index (χ1) is 5.61. The van der Waals surface area contributed by atoms with Crippen molar-refractivity contribution in [1.29, 1.82) is 0 Å². The first-order valence-electron chi connectivity index (χ1n) is 3.78. The number of hydrogen-bond acceptors (Lipinski definition) is 2. The molecule has 0 atom stereocenters. The van der Waals surface area contributed by atoms with Gasteiger partial charge in [0, 0.05) is 25.2 Å². The Morgan fingerprint density at radius 2 is 1.75 bits per heavy atom. The van der Waals surface area contributed by atoms with Crippen molar-refractivity contribution in [2.45, 2.75) is 13.8 Å². The van der Waals surface area contributed by atoms with Crippen LogP contribution in [-0.2, 0) is 9.59 Å². The van der Waals surface area contributed by atoms with E-state index in [0.717, 1.165) is 6.08 Å². The Kier molecular flexibility index (Phi) is 5.37. The van der Waals surface area contributed by atoms with Crippen LogP contribution in [0, 0.1) is 0 Å². The Balaban J connectivity index is 4.10. The van der Waals surface area contributed by atoms with Crippen LogP contribution in [0.4, 0.5) is 0 Å². The van der Waals surface area contributed by atoms with Crippen molar-refractivity contribution >= 4 is 22.8 Å². The number of hydrogen-bond donors (Lipinski definition) is 0. The van der Waals surface area contributed by atoms with Gasteiger partial charge in [-0.1, -0.05) is 0 Å². The van der Waals surface area contributed by atoms with E-state index in [1.165, 1.54) is 6.08 Å². The van der Waals surface area contributed by atoms with Gasteiger partial charge in [-0.15, -0.1) is 0 Å². The van der Waals surface area contributed by atoms with Crippen molar-refractivity contribution in [1.82, 2.24) is 4.90 Å². The zero-order chi connectivity index (χ0) is 9.56. The van der Waals surface area contributed by atoms with Crippen molar-refractivity contribution in [2.75, 3.05) is 13.1 Å². The molecule has 0 aliphatic rings. The standard InChI is InChI=1S/C8H12ClNO2/c1-3-10(4-2)8(12)6-5-7(9)11/h5-6H,3-4H2,1-2H3. The van der Waals surface area contributed by atoms with E-state index in [4.69, 9.17) is 11.6 Å². The molecule has 3 nitrogen and oxygen atoms in total. The van der Waals surface area contributed by atoms with Crippen LogP contribution in [0.2, 0.25) is 0 Å². The fraction of sp³-hybridized carbons (Fsp3) is 0.500. The smallest absolute Gasteiger partial charge is 0.246 e. The Morgan fingerprint density at radius 1 is 1.25 bits per heavy atom. The summed E-state index contributed by atoms with van der Waals surface area (Å²) in [7, 11) is 0. The number of nitrogens with zero attached hydrogens (tertiary/aromatic N) is 1.